The first kappa shape index (κ1) is 15.8. The molecule has 1 heterocycles. The van der Waals surface area contributed by atoms with Gasteiger partial charge in [0, 0.05) is 17.5 Å². The summed E-state index contributed by atoms with van der Waals surface area (Å²) in [7, 11) is 1.57. The standard InChI is InChI=1S/C17H20N2O3S/c1-11-5-13(11)7-18-17(20)12-3-4-15(16(6-12)21-2)22-8-14-9-23-10-19-14/h3-4,6,9-11,13H,5,7-8H2,1-2H3,(H,18,20)/t11-,13-/m1/s1. The number of amides is 1. The van der Waals surface area contributed by atoms with E-state index < -0.39 is 0 Å². The molecule has 23 heavy (non-hydrogen) atoms. The summed E-state index contributed by atoms with van der Waals surface area (Å²) in [5.41, 5.74) is 3.22. The summed E-state index contributed by atoms with van der Waals surface area (Å²) < 4.78 is 11.1. The van der Waals surface area contributed by atoms with Gasteiger partial charge >= 0.3 is 0 Å². The second kappa shape index (κ2) is 7.00. The lowest BCUT2D eigenvalue weighted by molar-refractivity contribution is 0.0951. The Morgan fingerprint density at radius 1 is 1.43 bits per heavy atom. The predicted molar refractivity (Wildman–Crippen MR) is 89.0 cm³/mol. The maximum atomic E-state index is 12.2. The van der Waals surface area contributed by atoms with Crippen LogP contribution in [0.4, 0.5) is 0 Å². The number of carbonyl (C=O) groups excluding carboxylic acids is 1. The van der Waals surface area contributed by atoms with E-state index >= 15 is 0 Å². The first-order chi connectivity index (χ1) is 11.2. The Balaban J connectivity index is 1.62. The summed E-state index contributed by atoms with van der Waals surface area (Å²) in [6.07, 6.45) is 1.20. The van der Waals surface area contributed by atoms with Gasteiger partial charge in [0.15, 0.2) is 11.5 Å². The van der Waals surface area contributed by atoms with Crippen LogP contribution < -0.4 is 14.8 Å². The molecule has 0 unspecified atom stereocenters. The van der Waals surface area contributed by atoms with Crippen LogP contribution in [0.25, 0.3) is 0 Å². The van der Waals surface area contributed by atoms with Gasteiger partial charge < -0.3 is 14.8 Å². The number of nitrogens with one attached hydrogen (secondary N) is 1. The van der Waals surface area contributed by atoms with E-state index in [9.17, 15) is 4.79 Å². The number of hydrogen-bond donors (Lipinski definition) is 1. The minimum Gasteiger partial charge on any atom is -0.493 e. The normalized spacial score (nSPS) is 19.2. The lowest BCUT2D eigenvalue weighted by atomic mass is 10.2. The molecule has 3 rings (SSSR count). The number of thiazole rings is 1. The molecule has 0 saturated heterocycles. The third-order valence-corrected chi connectivity index (χ3v) is 4.72. The molecule has 1 N–H and O–H groups in total. The average Bonchev–Trinajstić information content (AvgIpc) is 3.04. The number of aromatic nitrogens is 1. The number of rotatable bonds is 7. The molecule has 2 atom stereocenters. The average molecular weight is 332 g/mol. The highest BCUT2D eigenvalue weighted by molar-refractivity contribution is 7.07. The number of nitrogens with zero attached hydrogens (tertiary/aromatic N) is 1. The molecule has 1 amide bonds. The molecule has 0 radical (unpaired) electrons. The van der Waals surface area contributed by atoms with Gasteiger partial charge in [0.2, 0.25) is 0 Å². The number of ether oxygens (including phenoxy) is 2. The maximum absolute atomic E-state index is 12.2. The van der Waals surface area contributed by atoms with Crippen LogP contribution in [0, 0.1) is 11.8 Å². The number of carbonyl (C=O) groups is 1. The SMILES string of the molecule is COc1cc(C(=O)NC[C@H]2C[C@H]2C)ccc1OCc1cscn1. The topological polar surface area (TPSA) is 60.5 Å². The molecule has 1 aromatic carbocycles. The molecule has 5 nitrogen and oxygen atoms in total. The van der Waals surface area contributed by atoms with Gasteiger partial charge in [-0.05, 0) is 36.5 Å². The molecule has 0 aliphatic heterocycles. The van der Waals surface area contributed by atoms with Crippen molar-refractivity contribution in [3.63, 3.8) is 0 Å². The van der Waals surface area contributed by atoms with Crippen LogP contribution in [0.3, 0.4) is 0 Å². The fourth-order valence-corrected chi connectivity index (χ4v) is 2.94. The highest BCUT2D eigenvalue weighted by atomic mass is 32.1. The van der Waals surface area contributed by atoms with Gasteiger partial charge in [0.25, 0.3) is 5.91 Å². The Labute approximate surface area is 139 Å². The molecule has 1 aliphatic carbocycles. The largest absolute Gasteiger partial charge is 0.493 e. The zero-order chi connectivity index (χ0) is 16.2. The molecule has 0 spiro atoms. The van der Waals surface area contributed by atoms with E-state index in [2.05, 4.69) is 17.2 Å². The zero-order valence-corrected chi connectivity index (χ0v) is 14.1. The summed E-state index contributed by atoms with van der Waals surface area (Å²) in [6, 6.07) is 5.23. The Morgan fingerprint density at radius 2 is 2.26 bits per heavy atom. The van der Waals surface area contributed by atoms with Crippen LogP contribution >= 0.6 is 11.3 Å². The predicted octanol–water partition coefficient (Wildman–Crippen LogP) is 3.12. The van der Waals surface area contributed by atoms with Crippen molar-refractivity contribution in [1.29, 1.82) is 0 Å². The molecule has 1 saturated carbocycles. The Kier molecular flexibility index (Phi) is 4.81. The van der Waals surface area contributed by atoms with Gasteiger partial charge in [-0.3, -0.25) is 4.79 Å². The monoisotopic (exact) mass is 332 g/mol. The van der Waals surface area contributed by atoms with Crippen molar-refractivity contribution in [2.24, 2.45) is 11.8 Å². The third-order valence-electron chi connectivity index (χ3n) is 4.09. The van der Waals surface area contributed by atoms with E-state index in [4.69, 9.17) is 9.47 Å². The van der Waals surface area contributed by atoms with Gasteiger partial charge in [-0.1, -0.05) is 6.92 Å². The summed E-state index contributed by atoms with van der Waals surface area (Å²) in [5.74, 6) is 2.43. The number of methoxy groups -OCH3 is 1. The lowest BCUT2D eigenvalue weighted by Gasteiger charge is -2.11. The molecular formula is C17H20N2O3S. The molecular weight excluding hydrogens is 312 g/mol. The van der Waals surface area contributed by atoms with Crippen molar-refractivity contribution in [3.05, 3.63) is 40.3 Å². The van der Waals surface area contributed by atoms with E-state index in [0.29, 0.717) is 29.6 Å². The van der Waals surface area contributed by atoms with Crippen LogP contribution in [-0.4, -0.2) is 24.5 Å². The van der Waals surface area contributed by atoms with Crippen molar-refractivity contribution < 1.29 is 14.3 Å². The summed E-state index contributed by atoms with van der Waals surface area (Å²) in [4.78, 5) is 16.4. The zero-order valence-electron chi connectivity index (χ0n) is 13.2. The van der Waals surface area contributed by atoms with E-state index in [1.165, 1.54) is 17.8 Å². The van der Waals surface area contributed by atoms with Crippen molar-refractivity contribution in [2.45, 2.75) is 20.0 Å². The van der Waals surface area contributed by atoms with Gasteiger partial charge in [0.1, 0.15) is 6.61 Å². The highest BCUT2D eigenvalue weighted by Crippen LogP contribution is 2.36. The molecule has 0 bridgehead atoms. The van der Waals surface area contributed by atoms with E-state index in [1.807, 2.05) is 5.38 Å². The van der Waals surface area contributed by atoms with Gasteiger partial charge in [-0.2, -0.15) is 0 Å². The summed E-state index contributed by atoms with van der Waals surface area (Å²) in [6.45, 7) is 3.32. The van der Waals surface area contributed by atoms with Crippen molar-refractivity contribution in [3.8, 4) is 11.5 Å². The van der Waals surface area contributed by atoms with Crippen molar-refractivity contribution in [2.75, 3.05) is 13.7 Å². The van der Waals surface area contributed by atoms with Crippen LogP contribution in [-0.2, 0) is 6.61 Å². The molecule has 1 fully saturated rings. The highest BCUT2D eigenvalue weighted by Gasteiger charge is 2.32. The fraction of sp³-hybridized carbons (Fsp3) is 0.412. The van der Waals surface area contributed by atoms with Crippen molar-refractivity contribution in [1.82, 2.24) is 10.3 Å². The molecule has 1 aromatic heterocycles. The fourth-order valence-electron chi connectivity index (χ4n) is 2.40. The Bertz CT molecular complexity index is 672. The molecule has 6 heteroatoms. The quantitative estimate of drug-likeness (QED) is 0.846. The van der Waals surface area contributed by atoms with Gasteiger partial charge in [0.05, 0.1) is 18.3 Å². The third kappa shape index (κ3) is 4.01. The maximum Gasteiger partial charge on any atom is 0.251 e. The Morgan fingerprint density at radius 3 is 2.91 bits per heavy atom. The van der Waals surface area contributed by atoms with Gasteiger partial charge in [-0.15, -0.1) is 11.3 Å². The molecule has 1 aliphatic rings. The minimum atomic E-state index is -0.0755. The van der Waals surface area contributed by atoms with E-state index in [-0.39, 0.29) is 5.91 Å². The summed E-state index contributed by atoms with van der Waals surface area (Å²) in [5, 5.41) is 4.91. The lowest BCUT2D eigenvalue weighted by Crippen LogP contribution is -2.25. The Hall–Kier alpha value is -2.08. The summed E-state index contributed by atoms with van der Waals surface area (Å²) >= 11 is 1.53. The molecule has 2 aromatic rings. The minimum absolute atomic E-state index is 0.0755. The first-order valence-corrected chi connectivity index (χ1v) is 8.57. The number of benzene rings is 1. The smallest absolute Gasteiger partial charge is 0.251 e. The van der Waals surface area contributed by atoms with Gasteiger partial charge in [-0.25, -0.2) is 4.98 Å². The van der Waals surface area contributed by atoms with Crippen LogP contribution in [0.5, 0.6) is 11.5 Å². The second-order valence-electron chi connectivity index (χ2n) is 5.82. The van der Waals surface area contributed by atoms with Crippen LogP contribution in [0.2, 0.25) is 0 Å². The number of hydrogen-bond acceptors (Lipinski definition) is 5. The first-order valence-electron chi connectivity index (χ1n) is 7.63. The van der Waals surface area contributed by atoms with E-state index in [1.54, 1.807) is 30.8 Å². The van der Waals surface area contributed by atoms with Crippen LogP contribution in [0.15, 0.2) is 29.1 Å². The van der Waals surface area contributed by atoms with Crippen molar-refractivity contribution >= 4 is 17.2 Å². The van der Waals surface area contributed by atoms with Crippen LogP contribution in [0.1, 0.15) is 29.4 Å². The second-order valence-corrected chi connectivity index (χ2v) is 6.54. The molecule has 122 valence electrons. The van der Waals surface area contributed by atoms with E-state index in [0.717, 1.165) is 18.2 Å².